The van der Waals surface area contributed by atoms with Crippen molar-refractivity contribution < 1.29 is 35.1 Å². The number of sulfone groups is 2. The van der Waals surface area contributed by atoms with Crippen LogP contribution in [0.5, 0.6) is 11.5 Å². The number of nitrogens with one attached hydrogen (secondary N) is 3. The Labute approximate surface area is 333 Å². The Kier molecular flexibility index (Phi) is 13.7. The van der Waals surface area contributed by atoms with Gasteiger partial charge in [-0.2, -0.15) is 9.97 Å². The molecule has 3 aromatic carbocycles. The number of rotatable bonds is 14. The van der Waals surface area contributed by atoms with E-state index >= 15 is 0 Å². The highest BCUT2D eigenvalue weighted by Gasteiger charge is 2.24. The van der Waals surface area contributed by atoms with Gasteiger partial charge in [-0.3, -0.25) is 4.90 Å². The lowest BCUT2D eigenvalue weighted by Gasteiger charge is -2.32. The molecule has 17 heteroatoms. The fourth-order valence-electron chi connectivity index (χ4n) is 6.70. The number of halogens is 1. The molecule has 0 radical (unpaired) electrons. The van der Waals surface area contributed by atoms with E-state index in [9.17, 15) is 16.8 Å². The lowest BCUT2D eigenvalue weighted by atomic mass is 10.0. The van der Waals surface area contributed by atoms with Crippen molar-refractivity contribution in [3.8, 4) is 11.5 Å². The number of hydrogen-bond acceptors (Lipinski definition) is 14. The SMILES string of the molecule is CCOc1cc(CN2CCC(Nc3nc4cc(S(=O)(=O)CC)ccc4o3)CC2)c(Cl)c(OCC)c1.CCS(=O)(=O)c1ccc2oc(NC3CCNCC3)nc2c1. The van der Waals surface area contributed by atoms with Gasteiger partial charge in [0.25, 0.3) is 12.0 Å². The Bertz CT molecular complexity index is 2320. The molecular weight excluding hydrogens is 780 g/mol. The van der Waals surface area contributed by atoms with Gasteiger partial charge in [-0.25, -0.2) is 16.8 Å². The van der Waals surface area contributed by atoms with E-state index in [2.05, 4.69) is 30.8 Å². The molecule has 14 nitrogen and oxygen atoms in total. The zero-order valence-corrected chi connectivity index (χ0v) is 34.7. The Morgan fingerprint density at radius 1 is 0.750 bits per heavy atom. The average Bonchev–Trinajstić information content (AvgIpc) is 3.80. The van der Waals surface area contributed by atoms with Crippen LogP contribution in [-0.4, -0.2) is 94.7 Å². The van der Waals surface area contributed by atoms with Gasteiger partial charge in [0, 0.05) is 37.8 Å². The molecule has 2 aliphatic heterocycles. The van der Waals surface area contributed by atoms with E-state index in [0.29, 0.717) is 75.7 Å². The van der Waals surface area contributed by atoms with Crippen molar-refractivity contribution >= 4 is 65.5 Å². The van der Waals surface area contributed by atoms with E-state index in [4.69, 9.17) is 29.9 Å². The monoisotopic (exact) mass is 830 g/mol. The van der Waals surface area contributed by atoms with Crippen LogP contribution in [-0.2, 0) is 26.2 Å². The normalized spacial score (nSPS) is 16.1. The van der Waals surface area contributed by atoms with E-state index in [1.54, 1.807) is 50.2 Å². The van der Waals surface area contributed by atoms with Crippen LogP contribution in [0.4, 0.5) is 12.0 Å². The first-order valence-electron chi connectivity index (χ1n) is 19.2. The van der Waals surface area contributed by atoms with Crippen molar-refractivity contribution in [1.29, 1.82) is 0 Å². The average molecular weight is 831 g/mol. The number of aromatic nitrogens is 2. The van der Waals surface area contributed by atoms with E-state index in [1.807, 2.05) is 26.0 Å². The van der Waals surface area contributed by atoms with Crippen LogP contribution in [0, 0.1) is 0 Å². The number of fused-ring (bicyclic) bond motifs is 2. The molecule has 0 unspecified atom stereocenters. The van der Waals surface area contributed by atoms with Gasteiger partial charge in [-0.05, 0) is 101 Å². The Morgan fingerprint density at radius 3 is 1.77 bits per heavy atom. The van der Waals surface area contributed by atoms with Crippen LogP contribution in [0.1, 0.15) is 58.9 Å². The largest absolute Gasteiger partial charge is 0.494 e. The fourth-order valence-corrected chi connectivity index (χ4v) is 8.73. The molecule has 2 aliphatic rings. The van der Waals surface area contributed by atoms with Crippen molar-refractivity contribution in [3.05, 3.63) is 59.1 Å². The highest BCUT2D eigenvalue weighted by atomic mass is 35.5. The van der Waals surface area contributed by atoms with Crippen LogP contribution in [0.15, 0.2) is 67.2 Å². The molecule has 4 heterocycles. The lowest BCUT2D eigenvalue weighted by Crippen LogP contribution is -2.38. The molecule has 56 heavy (non-hydrogen) atoms. The minimum absolute atomic E-state index is 0.0497. The van der Waals surface area contributed by atoms with Crippen molar-refractivity contribution in [3.63, 3.8) is 0 Å². The summed E-state index contributed by atoms with van der Waals surface area (Å²) in [7, 11) is -6.51. The smallest absolute Gasteiger partial charge is 0.295 e. The molecule has 2 fully saturated rings. The highest BCUT2D eigenvalue weighted by molar-refractivity contribution is 7.91. The second-order valence-electron chi connectivity index (χ2n) is 13.7. The molecule has 0 spiro atoms. The summed E-state index contributed by atoms with van der Waals surface area (Å²) in [6.07, 6.45) is 3.87. The Balaban J connectivity index is 0.000000215. The molecule has 0 saturated carbocycles. The lowest BCUT2D eigenvalue weighted by molar-refractivity contribution is 0.209. The molecule has 7 rings (SSSR count). The topological polar surface area (TPSA) is 178 Å². The Morgan fingerprint density at radius 2 is 1.27 bits per heavy atom. The number of piperidine rings is 2. The van der Waals surface area contributed by atoms with Crippen LogP contribution in [0.2, 0.25) is 5.02 Å². The van der Waals surface area contributed by atoms with Gasteiger partial charge >= 0.3 is 0 Å². The number of nitrogens with zero attached hydrogens (tertiary/aromatic N) is 3. The summed E-state index contributed by atoms with van der Waals surface area (Å²) < 4.78 is 70.9. The Hall–Kier alpha value is -4.09. The highest BCUT2D eigenvalue weighted by Crippen LogP contribution is 2.35. The second kappa shape index (κ2) is 18.4. The number of anilines is 2. The van der Waals surface area contributed by atoms with Crippen LogP contribution >= 0.6 is 11.6 Å². The summed E-state index contributed by atoms with van der Waals surface area (Å²) in [5, 5.41) is 10.6. The standard InChI is InChI=1S/C25H32ClN3O5S.C14H19N3O3S/c1-4-32-19-13-17(24(26)23(14-19)33-5-2)16-29-11-9-18(10-12-29)27-25-28-21-15-20(35(30,31)6-3)7-8-22(21)34-25;1-2-21(18,19)11-3-4-13-12(9-11)17-14(20-13)16-10-5-7-15-8-6-10/h7-8,13-15,18H,4-6,9-12,16H2,1-3H3,(H,27,28);3-4,9-10,15H,2,5-8H2,1H3,(H,16,17). The molecule has 0 atom stereocenters. The molecular formula is C39H51ClN6O8S2. The van der Waals surface area contributed by atoms with E-state index in [0.717, 1.165) is 63.2 Å². The molecule has 304 valence electrons. The molecule has 3 N–H and O–H groups in total. The minimum atomic E-state index is -3.29. The van der Waals surface area contributed by atoms with Crippen LogP contribution in [0.3, 0.4) is 0 Å². The molecule has 0 bridgehead atoms. The van der Waals surface area contributed by atoms with Crippen LogP contribution in [0.25, 0.3) is 22.2 Å². The van der Waals surface area contributed by atoms with Gasteiger partial charge in [0.05, 0.1) is 39.5 Å². The quantitative estimate of drug-likeness (QED) is 0.105. The van der Waals surface area contributed by atoms with Gasteiger partial charge in [-0.15, -0.1) is 0 Å². The zero-order chi connectivity index (χ0) is 39.9. The minimum Gasteiger partial charge on any atom is -0.494 e. The first kappa shape index (κ1) is 41.5. The van der Waals surface area contributed by atoms with E-state index < -0.39 is 19.7 Å². The maximum absolute atomic E-state index is 12.2. The van der Waals surface area contributed by atoms with E-state index in [1.165, 1.54) is 0 Å². The van der Waals surface area contributed by atoms with Crippen molar-refractivity contribution in [2.24, 2.45) is 0 Å². The van der Waals surface area contributed by atoms with Gasteiger partial charge in [0.2, 0.25) is 0 Å². The number of hydrogen-bond donors (Lipinski definition) is 3. The molecule has 5 aromatic rings. The van der Waals surface area contributed by atoms with Crippen molar-refractivity contribution in [2.45, 2.75) is 81.8 Å². The molecule has 2 saturated heterocycles. The summed E-state index contributed by atoms with van der Waals surface area (Å²) in [6, 6.07) is 14.9. The summed E-state index contributed by atoms with van der Waals surface area (Å²) in [4.78, 5) is 11.7. The molecule has 2 aromatic heterocycles. The van der Waals surface area contributed by atoms with Gasteiger partial charge < -0.3 is 34.3 Å². The van der Waals surface area contributed by atoms with Crippen LogP contribution < -0.4 is 25.4 Å². The summed E-state index contributed by atoms with van der Waals surface area (Å²) >= 11 is 6.62. The number of likely N-dealkylation sites (tertiary alicyclic amines) is 1. The molecule has 0 aliphatic carbocycles. The van der Waals surface area contributed by atoms with Crippen molar-refractivity contribution in [1.82, 2.24) is 20.2 Å². The second-order valence-corrected chi connectivity index (χ2v) is 18.7. The van der Waals surface area contributed by atoms with Crippen molar-refractivity contribution in [2.75, 3.05) is 61.5 Å². The third kappa shape index (κ3) is 10.3. The number of ether oxygens (including phenoxy) is 2. The fraction of sp³-hybridized carbons (Fsp3) is 0.487. The molecule has 0 amide bonds. The van der Waals surface area contributed by atoms with E-state index in [-0.39, 0.29) is 22.4 Å². The summed E-state index contributed by atoms with van der Waals surface area (Å²) in [5.74, 6) is 1.54. The summed E-state index contributed by atoms with van der Waals surface area (Å²) in [5.41, 5.74) is 3.26. The maximum atomic E-state index is 12.2. The van der Waals surface area contributed by atoms with Gasteiger partial charge in [0.1, 0.15) is 22.5 Å². The van der Waals surface area contributed by atoms with Gasteiger partial charge in [-0.1, -0.05) is 25.4 Å². The predicted molar refractivity (Wildman–Crippen MR) is 219 cm³/mol. The summed E-state index contributed by atoms with van der Waals surface area (Å²) in [6.45, 7) is 12.7. The maximum Gasteiger partial charge on any atom is 0.295 e. The first-order chi connectivity index (χ1) is 26.9. The van der Waals surface area contributed by atoms with Gasteiger partial charge in [0.15, 0.2) is 30.8 Å². The zero-order valence-electron chi connectivity index (χ0n) is 32.3. The number of benzene rings is 3. The number of oxazole rings is 2. The first-order valence-corrected chi connectivity index (χ1v) is 22.9. The third-order valence-electron chi connectivity index (χ3n) is 9.87. The predicted octanol–water partition coefficient (Wildman–Crippen LogP) is 6.93. The third-order valence-corrected chi connectivity index (χ3v) is 13.8.